The molecular formula is C17H16F4N4O3S. The highest BCUT2D eigenvalue weighted by atomic mass is 32.2. The van der Waals surface area contributed by atoms with Crippen LogP contribution < -0.4 is 16.0 Å². The van der Waals surface area contributed by atoms with Gasteiger partial charge in [0.15, 0.2) is 0 Å². The van der Waals surface area contributed by atoms with Gasteiger partial charge in [0.2, 0.25) is 10.0 Å². The normalized spacial score (nSPS) is 13.1. The van der Waals surface area contributed by atoms with E-state index in [1.54, 1.807) is 0 Å². The molecule has 156 valence electrons. The number of nitrogens with one attached hydrogen (secondary N) is 1. The molecule has 0 fully saturated rings. The number of halogens is 4. The van der Waals surface area contributed by atoms with Crippen LogP contribution in [-0.4, -0.2) is 31.6 Å². The number of aromatic nitrogens is 1. The van der Waals surface area contributed by atoms with Gasteiger partial charge in [-0.05, 0) is 24.3 Å². The Balaban J connectivity index is 2.30. The van der Waals surface area contributed by atoms with E-state index in [-0.39, 0.29) is 22.5 Å². The van der Waals surface area contributed by atoms with Crippen LogP contribution in [0, 0.1) is 5.82 Å². The van der Waals surface area contributed by atoms with E-state index in [1.165, 1.54) is 18.2 Å². The molecule has 2 rings (SSSR count). The zero-order valence-corrected chi connectivity index (χ0v) is 15.8. The van der Waals surface area contributed by atoms with Gasteiger partial charge in [-0.25, -0.2) is 12.8 Å². The third kappa shape index (κ3) is 6.75. The highest BCUT2D eigenvalue weighted by molar-refractivity contribution is 7.92. The molecule has 0 bridgehead atoms. The van der Waals surface area contributed by atoms with Crippen LogP contribution in [0.5, 0.6) is 0 Å². The van der Waals surface area contributed by atoms with Crippen molar-refractivity contribution in [2.45, 2.75) is 12.7 Å². The van der Waals surface area contributed by atoms with Crippen LogP contribution in [0.3, 0.4) is 0 Å². The molecule has 1 aromatic carbocycles. The Morgan fingerprint density at radius 1 is 1.28 bits per heavy atom. The number of pyridine rings is 1. The Hall–Kier alpha value is -3.15. The lowest BCUT2D eigenvalue weighted by Crippen LogP contribution is -2.26. The number of hydrogen-bond donors (Lipinski definition) is 2. The molecule has 0 amide bonds. The maximum Gasteiger partial charge on any atom is 0.406 e. The Kier molecular flexibility index (Phi) is 6.47. The van der Waals surface area contributed by atoms with Crippen molar-refractivity contribution < 1.29 is 26.0 Å². The summed E-state index contributed by atoms with van der Waals surface area (Å²) in [5.74, 6) is -0.802. The van der Waals surface area contributed by atoms with Gasteiger partial charge in [-0.3, -0.25) is 14.5 Å². The molecule has 1 heterocycles. The summed E-state index contributed by atoms with van der Waals surface area (Å²) in [6, 6.07) is 5.64. The van der Waals surface area contributed by atoms with Crippen LogP contribution in [-0.2, 0) is 16.6 Å². The van der Waals surface area contributed by atoms with Gasteiger partial charge in [0.25, 0.3) is 5.56 Å². The highest BCUT2D eigenvalue weighted by Crippen LogP contribution is 2.22. The SMILES string of the molecule is CS(=O)(=O)Nc1ccc(C(C=Nc2ccc(=O)n(CC(F)(F)F)c2)=CN)c(F)c1. The van der Waals surface area contributed by atoms with E-state index in [2.05, 4.69) is 9.71 Å². The van der Waals surface area contributed by atoms with Crippen molar-refractivity contribution in [1.29, 1.82) is 0 Å². The second kappa shape index (κ2) is 8.47. The molecule has 3 N–H and O–H groups in total. The van der Waals surface area contributed by atoms with E-state index < -0.39 is 34.1 Å². The average Bonchev–Trinajstić information content (AvgIpc) is 2.57. The minimum Gasteiger partial charge on any atom is -0.404 e. The fraction of sp³-hybridized carbons (Fsp3) is 0.176. The fourth-order valence-corrected chi connectivity index (χ4v) is 2.84. The van der Waals surface area contributed by atoms with Crippen molar-refractivity contribution in [3.63, 3.8) is 0 Å². The summed E-state index contributed by atoms with van der Waals surface area (Å²) in [5.41, 5.74) is 4.72. The minimum absolute atomic E-state index is 0.00119. The number of nitrogens with zero attached hydrogens (tertiary/aromatic N) is 2. The molecule has 7 nitrogen and oxygen atoms in total. The van der Waals surface area contributed by atoms with E-state index in [1.807, 2.05) is 0 Å². The molecule has 0 aliphatic rings. The maximum atomic E-state index is 14.3. The molecule has 0 radical (unpaired) electrons. The number of allylic oxidation sites excluding steroid dienone is 1. The first-order chi connectivity index (χ1) is 13.4. The van der Waals surface area contributed by atoms with Gasteiger partial charge in [-0.1, -0.05) is 0 Å². The number of hydrogen-bond acceptors (Lipinski definition) is 5. The number of rotatable bonds is 6. The second-order valence-electron chi connectivity index (χ2n) is 5.92. The predicted molar refractivity (Wildman–Crippen MR) is 102 cm³/mol. The minimum atomic E-state index is -4.58. The fourth-order valence-electron chi connectivity index (χ4n) is 2.29. The quantitative estimate of drug-likeness (QED) is 0.541. The number of anilines is 1. The summed E-state index contributed by atoms with van der Waals surface area (Å²) in [4.78, 5) is 15.5. The lowest BCUT2D eigenvalue weighted by Gasteiger charge is -2.10. The number of benzene rings is 1. The standard InChI is InChI=1S/C17H16F4N4O3S/c1-29(27,28)24-12-2-4-14(15(18)6-12)11(7-22)8-23-13-3-5-16(26)25(9-13)10-17(19,20)21/h2-9,24H,10,22H2,1H3. The monoisotopic (exact) mass is 432 g/mol. The number of alkyl halides is 3. The summed E-state index contributed by atoms with van der Waals surface area (Å²) in [6.07, 6.45) is -0.624. The lowest BCUT2D eigenvalue weighted by molar-refractivity contribution is -0.141. The molecular weight excluding hydrogens is 416 g/mol. The molecule has 0 aliphatic heterocycles. The largest absolute Gasteiger partial charge is 0.406 e. The molecule has 0 spiro atoms. The Labute approximate surface area is 163 Å². The number of sulfonamides is 1. The molecule has 0 saturated heterocycles. The van der Waals surface area contributed by atoms with Gasteiger partial charge < -0.3 is 10.3 Å². The first kappa shape index (κ1) is 22.1. The van der Waals surface area contributed by atoms with E-state index in [0.29, 0.717) is 4.57 Å². The molecule has 29 heavy (non-hydrogen) atoms. The molecule has 12 heteroatoms. The first-order valence-corrected chi connectivity index (χ1v) is 9.78. The Morgan fingerprint density at radius 2 is 1.97 bits per heavy atom. The van der Waals surface area contributed by atoms with Crippen LogP contribution >= 0.6 is 0 Å². The smallest absolute Gasteiger partial charge is 0.404 e. The first-order valence-electron chi connectivity index (χ1n) is 7.89. The van der Waals surface area contributed by atoms with E-state index in [9.17, 15) is 30.8 Å². The molecule has 0 atom stereocenters. The maximum absolute atomic E-state index is 14.3. The molecule has 2 aromatic rings. The van der Waals surface area contributed by atoms with Gasteiger partial charge in [0, 0.05) is 35.8 Å². The van der Waals surface area contributed by atoms with E-state index in [4.69, 9.17) is 5.73 Å². The highest BCUT2D eigenvalue weighted by Gasteiger charge is 2.28. The third-order valence-electron chi connectivity index (χ3n) is 3.43. The predicted octanol–water partition coefficient (Wildman–Crippen LogP) is 2.62. The molecule has 0 unspecified atom stereocenters. The lowest BCUT2D eigenvalue weighted by atomic mass is 10.1. The van der Waals surface area contributed by atoms with Crippen molar-refractivity contribution >= 4 is 33.2 Å². The molecule has 1 aromatic heterocycles. The average molecular weight is 432 g/mol. The summed E-state index contributed by atoms with van der Waals surface area (Å²) in [7, 11) is -3.59. The summed E-state index contributed by atoms with van der Waals surface area (Å²) >= 11 is 0. The third-order valence-corrected chi connectivity index (χ3v) is 4.04. The van der Waals surface area contributed by atoms with Gasteiger partial charge >= 0.3 is 6.18 Å². The molecule has 0 saturated carbocycles. The van der Waals surface area contributed by atoms with Crippen molar-refractivity contribution in [3.05, 3.63) is 64.5 Å². The van der Waals surface area contributed by atoms with Crippen molar-refractivity contribution in [1.82, 2.24) is 4.57 Å². The van der Waals surface area contributed by atoms with Gasteiger partial charge in [0.05, 0.1) is 17.6 Å². The Bertz CT molecular complexity index is 1120. The van der Waals surface area contributed by atoms with Crippen LogP contribution in [0.1, 0.15) is 5.56 Å². The van der Waals surface area contributed by atoms with Gasteiger partial charge in [-0.2, -0.15) is 13.2 Å². The number of nitrogens with two attached hydrogens (primary N) is 1. The summed E-state index contributed by atoms with van der Waals surface area (Å²) in [6.45, 7) is -1.47. The summed E-state index contributed by atoms with van der Waals surface area (Å²) in [5, 5.41) is 0. The van der Waals surface area contributed by atoms with Crippen LogP contribution in [0.15, 0.2) is 52.5 Å². The Morgan fingerprint density at radius 3 is 2.52 bits per heavy atom. The second-order valence-corrected chi connectivity index (χ2v) is 7.67. The van der Waals surface area contributed by atoms with E-state index in [0.717, 1.165) is 37.0 Å². The van der Waals surface area contributed by atoms with E-state index >= 15 is 0 Å². The van der Waals surface area contributed by atoms with Crippen molar-refractivity contribution in [3.8, 4) is 0 Å². The number of aliphatic imine (C=N–C) groups is 1. The molecule has 0 aliphatic carbocycles. The van der Waals surface area contributed by atoms with Crippen LogP contribution in [0.2, 0.25) is 0 Å². The van der Waals surface area contributed by atoms with Gasteiger partial charge in [0.1, 0.15) is 12.4 Å². The zero-order valence-electron chi connectivity index (χ0n) is 14.9. The zero-order chi connectivity index (χ0) is 21.8. The van der Waals surface area contributed by atoms with Crippen LogP contribution in [0.4, 0.5) is 28.9 Å². The van der Waals surface area contributed by atoms with Gasteiger partial charge in [-0.15, -0.1) is 0 Å². The topological polar surface area (TPSA) is 107 Å². The van der Waals surface area contributed by atoms with Crippen molar-refractivity contribution in [2.75, 3.05) is 11.0 Å². The summed E-state index contributed by atoms with van der Waals surface area (Å²) < 4.78 is 76.8. The van der Waals surface area contributed by atoms with Crippen LogP contribution in [0.25, 0.3) is 5.57 Å². The van der Waals surface area contributed by atoms with Crippen molar-refractivity contribution in [2.24, 2.45) is 10.7 Å².